The van der Waals surface area contributed by atoms with Gasteiger partial charge in [0.2, 0.25) is 11.8 Å². The van der Waals surface area contributed by atoms with Crippen LogP contribution in [0.1, 0.15) is 43.4 Å². The summed E-state index contributed by atoms with van der Waals surface area (Å²) in [6, 6.07) is 17.7. The molecule has 0 spiro atoms. The Morgan fingerprint density at radius 2 is 1.52 bits per heavy atom. The molecule has 8 nitrogen and oxygen atoms in total. The van der Waals surface area contributed by atoms with Crippen molar-refractivity contribution in [3.63, 3.8) is 0 Å². The first-order valence-corrected chi connectivity index (χ1v) is 13.5. The van der Waals surface area contributed by atoms with Crippen LogP contribution in [0.5, 0.6) is 0 Å². The Hall–Kier alpha value is -3.75. The number of hydrogen-bond donors (Lipinski definition) is 3. The van der Waals surface area contributed by atoms with Crippen molar-refractivity contribution in [2.75, 3.05) is 20.3 Å². The minimum absolute atomic E-state index is 0.0674. The summed E-state index contributed by atoms with van der Waals surface area (Å²) < 4.78 is 11.5. The number of nitrogens with one attached hydrogen (secondary N) is 2. The van der Waals surface area contributed by atoms with E-state index in [9.17, 15) is 19.5 Å². The van der Waals surface area contributed by atoms with Crippen molar-refractivity contribution in [1.29, 1.82) is 0 Å². The van der Waals surface area contributed by atoms with Gasteiger partial charge in [0.05, 0.1) is 31.1 Å². The predicted molar refractivity (Wildman–Crippen MR) is 155 cm³/mol. The van der Waals surface area contributed by atoms with Crippen molar-refractivity contribution in [1.82, 2.24) is 10.6 Å². The maximum absolute atomic E-state index is 13.5. The zero-order valence-electron chi connectivity index (χ0n) is 23.5. The topological polar surface area (TPSA) is 114 Å². The largest absolute Gasteiger partial charge is 0.455 e. The van der Waals surface area contributed by atoms with Gasteiger partial charge < -0.3 is 25.2 Å². The molecule has 0 radical (unpaired) electrons. The van der Waals surface area contributed by atoms with Gasteiger partial charge >= 0.3 is 5.97 Å². The highest BCUT2D eigenvalue weighted by atomic mass is 16.5. The molecule has 0 saturated carbocycles. The van der Waals surface area contributed by atoms with Crippen molar-refractivity contribution in [2.45, 2.75) is 50.8 Å². The third kappa shape index (κ3) is 10.8. The number of amides is 2. The molecule has 5 atom stereocenters. The van der Waals surface area contributed by atoms with Gasteiger partial charge in [-0.3, -0.25) is 14.4 Å². The number of methoxy groups -OCH3 is 1. The molecule has 3 N–H and O–H groups in total. The van der Waals surface area contributed by atoms with E-state index in [-0.39, 0.29) is 32.0 Å². The number of allylic oxidation sites excluding steroid dienone is 2. The van der Waals surface area contributed by atoms with Crippen LogP contribution in [0.2, 0.25) is 0 Å². The molecular formula is C32H42N2O6. The minimum Gasteiger partial charge on any atom is -0.455 e. The van der Waals surface area contributed by atoms with E-state index in [1.807, 2.05) is 60.7 Å². The second-order valence-electron chi connectivity index (χ2n) is 9.83. The molecule has 0 bridgehead atoms. The van der Waals surface area contributed by atoms with Crippen LogP contribution in [0, 0.1) is 11.8 Å². The summed E-state index contributed by atoms with van der Waals surface area (Å²) in [5.41, 5.74) is 1.70. The zero-order valence-corrected chi connectivity index (χ0v) is 23.5. The van der Waals surface area contributed by atoms with Crippen molar-refractivity contribution >= 4 is 17.8 Å². The second kappa shape index (κ2) is 17.8. The molecule has 40 heavy (non-hydrogen) atoms. The van der Waals surface area contributed by atoms with Crippen LogP contribution in [-0.2, 0) is 30.3 Å². The molecular weight excluding hydrogens is 508 g/mol. The fourth-order valence-electron chi connectivity index (χ4n) is 4.38. The Labute approximate surface area is 237 Å². The molecule has 0 aliphatic heterocycles. The molecule has 0 heterocycles. The number of carbonyl (C=O) groups excluding carboxylic acids is 3. The summed E-state index contributed by atoms with van der Waals surface area (Å²) in [5.74, 6) is -2.33. The van der Waals surface area contributed by atoms with Gasteiger partial charge in [0, 0.05) is 19.6 Å². The van der Waals surface area contributed by atoms with E-state index in [2.05, 4.69) is 23.8 Å². The average Bonchev–Trinajstić information content (AvgIpc) is 2.96. The van der Waals surface area contributed by atoms with E-state index in [1.165, 1.54) is 7.11 Å². The maximum atomic E-state index is 13.5. The van der Waals surface area contributed by atoms with Gasteiger partial charge in [0.1, 0.15) is 6.10 Å². The first-order chi connectivity index (χ1) is 19.3. The monoisotopic (exact) mass is 550 g/mol. The smallest absolute Gasteiger partial charge is 0.310 e. The lowest BCUT2D eigenvalue weighted by Crippen LogP contribution is -2.47. The van der Waals surface area contributed by atoms with Gasteiger partial charge in [-0.15, -0.1) is 13.2 Å². The van der Waals surface area contributed by atoms with Gasteiger partial charge in [-0.05, 0) is 37.3 Å². The molecule has 216 valence electrons. The van der Waals surface area contributed by atoms with Crippen LogP contribution in [0.4, 0.5) is 0 Å². The average molecular weight is 551 g/mol. The summed E-state index contributed by atoms with van der Waals surface area (Å²) in [6.07, 6.45) is 3.53. The van der Waals surface area contributed by atoms with Crippen LogP contribution in [0.25, 0.3) is 0 Å². The van der Waals surface area contributed by atoms with Gasteiger partial charge in [-0.2, -0.15) is 0 Å². The SMILES string of the molecule is C=CC[C@@H](CC(=O)N[C@H](C)CO)C(=O)N[C@@H](COC)[C@@H](OC(=O)[C@@H](CC=C)Cc1ccccc1)c1ccccc1. The number of benzene rings is 2. The van der Waals surface area contributed by atoms with Crippen molar-refractivity contribution < 1.29 is 29.0 Å². The summed E-state index contributed by atoms with van der Waals surface area (Å²) >= 11 is 0. The van der Waals surface area contributed by atoms with E-state index in [0.29, 0.717) is 18.4 Å². The Kier molecular flexibility index (Phi) is 14.4. The first-order valence-electron chi connectivity index (χ1n) is 13.5. The zero-order chi connectivity index (χ0) is 29.3. The van der Waals surface area contributed by atoms with E-state index in [1.54, 1.807) is 19.1 Å². The van der Waals surface area contributed by atoms with Gasteiger partial charge in [-0.1, -0.05) is 72.8 Å². The van der Waals surface area contributed by atoms with Crippen molar-refractivity contribution in [3.05, 3.63) is 97.1 Å². The Balaban J connectivity index is 2.29. The quantitative estimate of drug-likeness (QED) is 0.192. The molecule has 2 amide bonds. The van der Waals surface area contributed by atoms with Gasteiger partial charge in [0.25, 0.3) is 0 Å². The third-order valence-electron chi connectivity index (χ3n) is 6.46. The summed E-state index contributed by atoms with van der Waals surface area (Å²) in [7, 11) is 1.50. The van der Waals surface area contributed by atoms with Gasteiger partial charge in [0.15, 0.2) is 0 Å². The fourth-order valence-corrected chi connectivity index (χ4v) is 4.38. The summed E-state index contributed by atoms with van der Waals surface area (Å²) in [6.45, 7) is 9.06. The number of esters is 1. The summed E-state index contributed by atoms with van der Waals surface area (Å²) in [4.78, 5) is 39.4. The van der Waals surface area contributed by atoms with Crippen LogP contribution >= 0.6 is 0 Å². The molecule has 2 rings (SSSR count). The first kappa shape index (κ1) is 32.5. The van der Waals surface area contributed by atoms with Crippen molar-refractivity contribution in [2.24, 2.45) is 11.8 Å². The van der Waals surface area contributed by atoms with E-state index in [4.69, 9.17) is 9.47 Å². The van der Waals surface area contributed by atoms with Crippen LogP contribution in [-0.4, -0.2) is 55.3 Å². The number of aliphatic hydroxyl groups excluding tert-OH is 1. The molecule has 0 fully saturated rings. The molecule has 0 aromatic heterocycles. The summed E-state index contributed by atoms with van der Waals surface area (Å²) in [5, 5.41) is 14.9. The molecule has 0 unspecified atom stereocenters. The van der Waals surface area contributed by atoms with E-state index >= 15 is 0 Å². The number of hydrogen-bond acceptors (Lipinski definition) is 6. The standard InChI is InChI=1S/C32H42N2O6/c1-5-13-26(20-29(36)33-23(3)21-35)31(37)34-28(22-39-4)30(25-17-11-8-12-18-25)40-32(38)27(14-6-2)19-24-15-9-7-10-16-24/h5-12,15-18,23,26-28,30,35H,1-2,13-14,19-22H2,3-4H3,(H,33,36)(H,34,37)/t23-,26+,27+,28+,30+/m1/s1. The van der Waals surface area contributed by atoms with Crippen LogP contribution in [0.15, 0.2) is 86.0 Å². The van der Waals surface area contributed by atoms with Crippen LogP contribution < -0.4 is 10.6 Å². The lowest BCUT2D eigenvalue weighted by molar-refractivity contribution is -0.158. The second-order valence-corrected chi connectivity index (χ2v) is 9.83. The normalized spacial score (nSPS) is 14.6. The molecule has 0 saturated heterocycles. The molecule has 2 aromatic carbocycles. The van der Waals surface area contributed by atoms with Crippen molar-refractivity contribution in [3.8, 4) is 0 Å². The highest BCUT2D eigenvalue weighted by Gasteiger charge is 2.33. The molecule has 0 aliphatic carbocycles. The molecule has 2 aromatic rings. The predicted octanol–water partition coefficient (Wildman–Crippen LogP) is 3.92. The van der Waals surface area contributed by atoms with Gasteiger partial charge in [-0.25, -0.2) is 0 Å². The lowest BCUT2D eigenvalue weighted by atomic mass is 9.95. The van der Waals surface area contributed by atoms with E-state index in [0.717, 1.165) is 5.56 Å². The van der Waals surface area contributed by atoms with Crippen LogP contribution in [0.3, 0.4) is 0 Å². The maximum Gasteiger partial charge on any atom is 0.310 e. The fraction of sp³-hybridized carbons (Fsp3) is 0.406. The highest BCUT2D eigenvalue weighted by Crippen LogP contribution is 2.26. The number of rotatable bonds is 18. The number of aliphatic hydroxyl groups is 1. The lowest BCUT2D eigenvalue weighted by Gasteiger charge is -2.30. The Morgan fingerprint density at radius 1 is 0.925 bits per heavy atom. The molecule has 8 heteroatoms. The van der Waals surface area contributed by atoms with E-state index < -0.39 is 41.9 Å². The highest BCUT2D eigenvalue weighted by molar-refractivity contribution is 5.86. The number of carbonyl (C=O) groups is 3. The molecule has 0 aliphatic rings. The third-order valence-corrected chi connectivity index (χ3v) is 6.46. The Bertz CT molecular complexity index is 1080. The number of ether oxygens (including phenoxy) is 2. The Morgan fingerprint density at radius 3 is 2.10 bits per heavy atom. The minimum atomic E-state index is -0.840.